The summed E-state index contributed by atoms with van der Waals surface area (Å²) < 4.78 is 37.5. The highest BCUT2D eigenvalue weighted by atomic mass is 35.5. The number of hydrogen-bond acceptors (Lipinski definition) is 3. The van der Waals surface area contributed by atoms with Crippen LogP contribution in [0.25, 0.3) is 11.1 Å². The molecule has 0 spiro atoms. The molecule has 8 heteroatoms. The molecular formula is C24H23Cl3O4S. The van der Waals surface area contributed by atoms with Crippen molar-refractivity contribution in [1.82, 2.24) is 0 Å². The molecule has 1 atom stereocenters. The van der Waals surface area contributed by atoms with E-state index in [0.717, 1.165) is 16.7 Å². The molecule has 170 valence electrons. The van der Waals surface area contributed by atoms with E-state index < -0.39 is 10.1 Å². The molecule has 0 aliphatic carbocycles. The minimum Gasteiger partial charge on any atom is -0.494 e. The van der Waals surface area contributed by atoms with E-state index >= 15 is 0 Å². The molecule has 3 aromatic carbocycles. The predicted octanol–water partition coefficient (Wildman–Crippen LogP) is 7.53. The number of ether oxygens (including phenoxy) is 1. The summed E-state index contributed by atoms with van der Waals surface area (Å²) in [6.45, 7) is 0.425. The highest BCUT2D eigenvalue weighted by Gasteiger charge is 2.18. The standard InChI is InChI=1S/C24H23Cl3O4S/c25-19-8-10-21(23(26)15-19)18(12-14-32(28,29)30)7-4-13-31-20-9-11-22(24(27)16-20)17-5-2-1-3-6-17/h1-3,5-6,8-11,15-16,18H,4,7,12-14H2,(H,28,29,30). The second-order valence-electron chi connectivity index (χ2n) is 7.44. The van der Waals surface area contributed by atoms with Gasteiger partial charge in [0, 0.05) is 15.6 Å². The SMILES string of the molecule is O=S(=O)(O)CCC(CCCOc1ccc(-c2ccccc2)c(Cl)c1)c1ccc(Cl)cc1Cl. The zero-order chi connectivity index (χ0) is 23.1. The molecule has 0 heterocycles. The highest BCUT2D eigenvalue weighted by molar-refractivity contribution is 7.85. The molecule has 1 N–H and O–H groups in total. The fourth-order valence-electron chi connectivity index (χ4n) is 3.54. The molecule has 3 rings (SSSR count). The Morgan fingerprint density at radius 3 is 2.28 bits per heavy atom. The maximum absolute atomic E-state index is 11.2. The third-order valence-corrected chi connectivity index (χ3v) is 6.74. The molecule has 0 saturated heterocycles. The molecule has 0 amide bonds. The predicted molar refractivity (Wildman–Crippen MR) is 132 cm³/mol. The molecule has 0 fully saturated rings. The van der Waals surface area contributed by atoms with Gasteiger partial charge < -0.3 is 4.74 Å². The van der Waals surface area contributed by atoms with E-state index in [1.54, 1.807) is 24.3 Å². The highest BCUT2D eigenvalue weighted by Crippen LogP contribution is 2.34. The van der Waals surface area contributed by atoms with Crippen molar-refractivity contribution >= 4 is 44.9 Å². The number of hydrogen-bond donors (Lipinski definition) is 1. The lowest BCUT2D eigenvalue weighted by molar-refractivity contribution is 0.300. The smallest absolute Gasteiger partial charge is 0.264 e. The van der Waals surface area contributed by atoms with Crippen LogP contribution in [-0.2, 0) is 10.1 Å². The van der Waals surface area contributed by atoms with E-state index in [2.05, 4.69) is 0 Å². The van der Waals surface area contributed by atoms with Crippen molar-refractivity contribution in [3.63, 3.8) is 0 Å². The second kappa shape index (κ2) is 11.4. The molecule has 0 aromatic heterocycles. The van der Waals surface area contributed by atoms with Gasteiger partial charge in [-0.1, -0.05) is 71.2 Å². The van der Waals surface area contributed by atoms with Crippen molar-refractivity contribution in [2.45, 2.75) is 25.2 Å². The Morgan fingerprint density at radius 2 is 1.62 bits per heavy atom. The molecule has 0 aliphatic rings. The first kappa shape index (κ1) is 24.9. The molecule has 0 aliphatic heterocycles. The van der Waals surface area contributed by atoms with Crippen LogP contribution in [0.3, 0.4) is 0 Å². The van der Waals surface area contributed by atoms with Gasteiger partial charge in [0.15, 0.2) is 0 Å². The fourth-order valence-corrected chi connectivity index (χ4v) is 4.96. The molecule has 0 radical (unpaired) electrons. The van der Waals surface area contributed by atoms with E-state index in [-0.39, 0.29) is 18.1 Å². The van der Waals surface area contributed by atoms with Crippen LogP contribution in [0, 0.1) is 0 Å². The number of rotatable bonds is 10. The van der Waals surface area contributed by atoms with E-state index in [0.29, 0.717) is 40.3 Å². The van der Waals surface area contributed by atoms with Gasteiger partial charge in [-0.25, -0.2) is 0 Å². The van der Waals surface area contributed by atoms with E-state index in [1.807, 2.05) is 42.5 Å². The van der Waals surface area contributed by atoms with Gasteiger partial charge in [0.05, 0.1) is 17.4 Å². The summed E-state index contributed by atoms with van der Waals surface area (Å²) in [4.78, 5) is 0. The zero-order valence-electron chi connectivity index (χ0n) is 17.2. The first-order valence-corrected chi connectivity index (χ1v) is 12.8. The minimum atomic E-state index is -4.07. The number of halogens is 3. The van der Waals surface area contributed by atoms with Crippen LogP contribution < -0.4 is 4.74 Å². The molecule has 3 aromatic rings. The van der Waals surface area contributed by atoms with Gasteiger partial charge >= 0.3 is 0 Å². The van der Waals surface area contributed by atoms with Crippen molar-refractivity contribution in [3.05, 3.63) is 87.4 Å². The molecule has 1 unspecified atom stereocenters. The average molecular weight is 514 g/mol. The first-order valence-electron chi connectivity index (χ1n) is 10.1. The fraction of sp³-hybridized carbons (Fsp3) is 0.250. The third-order valence-electron chi connectivity index (χ3n) is 5.12. The van der Waals surface area contributed by atoms with Gasteiger partial charge in [-0.05, 0) is 66.6 Å². The second-order valence-corrected chi connectivity index (χ2v) is 10.3. The van der Waals surface area contributed by atoms with Crippen LogP contribution in [0.4, 0.5) is 0 Å². The first-order chi connectivity index (χ1) is 15.2. The zero-order valence-corrected chi connectivity index (χ0v) is 20.3. The van der Waals surface area contributed by atoms with Crippen molar-refractivity contribution in [2.75, 3.05) is 12.4 Å². The third kappa shape index (κ3) is 7.39. The lowest BCUT2D eigenvalue weighted by Crippen LogP contribution is -2.11. The van der Waals surface area contributed by atoms with Crippen LogP contribution in [0.5, 0.6) is 5.75 Å². The Labute approximate surface area is 203 Å². The van der Waals surface area contributed by atoms with Crippen LogP contribution >= 0.6 is 34.8 Å². The van der Waals surface area contributed by atoms with E-state index in [4.69, 9.17) is 44.1 Å². The number of benzene rings is 3. The Morgan fingerprint density at radius 1 is 0.875 bits per heavy atom. The van der Waals surface area contributed by atoms with Gasteiger partial charge in [-0.2, -0.15) is 8.42 Å². The summed E-state index contributed by atoms with van der Waals surface area (Å²) in [5.74, 6) is 0.164. The Kier molecular flexibility index (Phi) is 8.86. The normalized spacial score (nSPS) is 12.5. The maximum Gasteiger partial charge on any atom is 0.264 e. The quantitative estimate of drug-likeness (QED) is 0.225. The molecule has 0 saturated carbocycles. The molecular weight excluding hydrogens is 491 g/mol. The van der Waals surface area contributed by atoms with Gasteiger partial charge in [-0.15, -0.1) is 0 Å². The van der Waals surface area contributed by atoms with Gasteiger partial charge in [0.2, 0.25) is 0 Å². The van der Waals surface area contributed by atoms with Crippen LogP contribution in [0.15, 0.2) is 66.7 Å². The van der Waals surface area contributed by atoms with Crippen LogP contribution in [-0.4, -0.2) is 25.3 Å². The topological polar surface area (TPSA) is 63.6 Å². The summed E-state index contributed by atoms with van der Waals surface area (Å²) in [5.41, 5.74) is 2.77. The Bertz CT molecular complexity index is 1150. The summed E-state index contributed by atoms with van der Waals surface area (Å²) in [5, 5.41) is 1.58. The van der Waals surface area contributed by atoms with Gasteiger partial charge in [0.25, 0.3) is 10.1 Å². The molecule has 0 bridgehead atoms. The van der Waals surface area contributed by atoms with Crippen LogP contribution in [0.1, 0.15) is 30.7 Å². The van der Waals surface area contributed by atoms with Gasteiger partial charge in [0.1, 0.15) is 5.75 Å². The largest absolute Gasteiger partial charge is 0.494 e. The van der Waals surface area contributed by atoms with Gasteiger partial charge in [-0.3, -0.25) is 4.55 Å². The lowest BCUT2D eigenvalue weighted by Gasteiger charge is -2.19. The maximum atomic E-state index is 11.2. The van der Waals surface area contributed by atoms with Crippen molar-refractivity contribution in [1.29, 1.82) is 0 Å². The summed E-state index contributed by atoms with van der Waals surface area (Å²) in [6.07, 6.45) is 1.54. The summed E-state index contributed by atoms with van der Waals surface area (Å²) >= 11 is 18.7. The van der Waals surface area contributed by atoms with Crippen molar-refractivity contribution < 1.29 is 17.7 Å². The Hall–Kier alpha value is -1.76. The summed E-state index contributed by atoms with van der Waals surface area (Å²) in [6, 6.07) is 20.6. The molecule has 4 nitrogen and oxygen atoms in total. The van der Waals surface area contributed by atoms with E-state index in [9.17, 15) is 8.42 Å². The monoisotopic (exact) mass is 512 g/mol. The van der Waals surface area contributed by atoms with Crippen molar-refractivity contribution in [3.8, 4) is 16.9 Å². The minimum absolute atomic E-state index is 0.158. The molecule has 32 heavy (non-hydrogen) atoms. The van der Waals surface area contributed by atoms with E-state index in [1.165, 1.54) is 0 Å². The Balaban J connectivity index is 1.61. The lowest BCUT2D eigenvalue weighted by atomic mass is 9.92. The average Bonchev–Trinajstić information content (AvgIpc) is 2.74. The van der Waals surface area contributed by atoms with Crippen LogP contribution in [0.2, 0.25) is 15.1 Å². The summed E-state index contributed by atoms with van der Waals surface area (Å²) in [7, 11) is -4.07. The van der Waals surface area contributed by atoms with Crippen molar-refractivity contribution in [2.24, 2.45) is 0 Å².